The first-order chi connectivity index (χ1) is 36.0. The molecule has 14 N–H and O–H groups in total. The number of carbonyl (C=O) groups is 1. The van der Waals surface area contributed by atoms with Gasteiger partial charge in [0, 0.05) is 17.3 Å². The van der Waals surface area contributed by atoms with Gasteiger partial charge in [0.25, 0.3) is 0 Å². The Labute approximate surface area is 449 Å². The molecule has 23 nitrogen and oxygen atoms in total. The summed E-state index contributed by atoms with van der Waals surface area (Å²) in [6.45, 7) is 13.8. The Bertz CT molecular complexity index is 2130. The Morgan fingerprint density at radius 2 is 1.09 bits per heavy atom. The second-order valence-corrected chi connectivity index (χ2v) is 26.2. The molecule has 9 rings (SSSR count). The fourth-order valence-electron chi connectivity index (χ4n) is 16.5. The minimum atomic E-state index is -2.06. The SMILES string of the molecule is C[C@@H]1O[C@@H](O[C@H]2[C@H](O[C@@H]3[C@@H](O)[C@H](O[C@H]4[C@H](O[C@H]5CC[C@]6(C)[C@H]7CC=C8[C@@H]9CC(C)(C)C(=O)C[C@]9(CO)[C@H](O)C[C@@]8(C)[C@]7(C)CC[C@H]6C5(C)C)O[C@H](CO)[C@@H](O)[C@@H]4O)O[C@H](CO)[C@H]3O)O[C@H](CO)[C@H](O)[C@@H]2O)[C@H](O)[C@H](O)[C@H]1O. The fourth-order valence-corrected chi connectivity index (χ4v) is 16.5. The fraction of sp³-hybridized carbons (Fsp3) is 0.944. The highest BCUT2D eigenvalue weighted by atomic mass is 16.8. The maximum atomic E-state index is 13.4. The third-order valence-electron chi connectivity index (χ3n) is 21.5. The van der Waals surface area contributed by atoms with Crippen molar-refractivity contribution in [2.24, 2.45) is 50.2 Å². The minimum Gasteiger partial charge on any atom is -0.396 e. The van der Waals surface area contributed by atoms with E-state index in [1.165, 1.54) is 12.5 Å². The molecule has 9 aliphatic rings. The van der Waals surface area contributed by atoms with Gasteiger partial charge in [0.2, 0.25) is 0 Å². The van der Waals surface area contributed by atoms with Crippen LogP contribution in [0.1, 0.15) is 107 Å². The molecule has 23 heteroatoms. The number of aliphatic hydroxyl groups excluding tert-OH is 14. The van der Waals surface area contributed by atoms with Crippen molar-refractivity contribution >= 4 is 5.78 Å². The van der Waals surface area contributed by atoms with Crippen LogP contribution in [0, 0.1) is 50.2 Å². The molecule has 0 amide bonds. The number of allylic oxidation sites excluding steroid dienone is 2. The quantitative estimate of drug-likeness (QED) is 0.0716. The van der Waals surface area contributed by atoms with Crippen molar-refractivity contribution in [3.8, 4) is 0 Å². The first-order valence-electron chi connectivity index (χ1n) is 27.7. The van der Waals surface area contributed by atoms with Gasteiger partial charge in [0.1, 0.15) is 97.3 Å². The Hall–Kier alpha value is -1.47. The van der Waals surface area contributed by atoms with Crippen LogP contribution >= 0.6 is 0 Å². The lowest BCUT2D eigenvalue weighted by Crippen LogP contribution is -2.68. The van der Waals surface area contributed by atoms with Crippen LogP contribution in [0.2, 0.25) is 0 Å². The van der Waals surface area contributed by atoms with Crippen LogP contribution in [0.3, 0.4) is 0 Å². The Morgan fingerprint density at radius 3 is 1.66 bits per heavy atom. The van der Waals surface area contributed by atoms with Gasteiger partial charge in [-0.3, -0.25) is 4.79 Å². The molecule has 8 fully saturated rings. The number of rotatable bonds is 12. The Balaban J connectivity index is 0.953. The maximum absolute atomic E-state index is 13.4. The third kappa shape index (κ3) is 9.56. The van der Waals surface area contributed by atoms with Crippen LogP contribution in [0.15, 0.2) is 11.6 Å². The molecule has 0 aromatic carbocycles. The maximum Gasteiger partial charge on any atom is 0.187 e. The van der Waals surface area contributed by atoms with E-state index >= 15 is 0 Å². The van der Waals surface area contributed by atoms with Gasteiger partial charge in [-0.05, 0) is 91.3 Å². The van der Waals surface area contributed by atoms with E-state index in [1.807, 2.05) is 13.8 Å². The molecule has 0 bridgehead atoms. The standard InChI is InChI=1S/C54H88O23/c1-22-33(61)37(65)40(68)45(70-22)76-44-39(67)35(63)26(19-56)73-48(44)75-42-36(64)27(20-57)71-46(41(42)69)77-43-38(66)34(62)25(18-55)72-47(43)74-32-12-13-51(6)28(50(32,4)5)11-14-52(7)29(51)10-9-23-24-15-49(2,3)30(59)17-54(24,21-58)31(60)16-53(23,52)8/h9,22,24-29,31-48,55-58,60-69H,10-21H2,1-8H3/t22-,24-,25+,26+,27+,28-,29+,31+,32-,33-,34+,35-,36+,37+,38-,39-,40+,41+,42-,43+,44+,45-,46-,47-,48-,51-,52+,53+,54+/m0/s1. The highest BCUT2D eigenvalue weighted by molar-refractivity contribution is 5.86. The summed E-state index contributed by atoms with van der Waals surface area (Å²) in [5.41, 5.74) is -1.80. The van der Waals surface area contributed by atoms with Crippen molar-refractivity contribution in [2.45, 2.75) is 242 Å². The molecule has 77 heavy (non-hydrogen) atoms. The van der Waals surface area contributed by atoms with E-state index in [0.29, 0.717) is 25.7 Å². The van der Waals surface area contributed by atoms with E-state index in [4.69, 9.17) is 37.9 Å². The summed E-state index contributed by atoms with van der Waals surface area (Å²) in [5.74, 6) is 0.140. The predicted molar refractivity (Wildman–Crippen MR) is 263 cm³/mol. The lowest BCUT2D eigenvalue weighted by atomic mass is 9.33. The topological polar surface area (TPSA) is 374 Å². The second kappa shape index (κ2) is 21.6. The van der Waals surface area contributed by atoms with Gasteiger partial charge in [-0.2, -0.15) is 0 Å². The largest absolute Gasteiger partial charge is 0.396 e. The first-order valence-corrected chi connectivity index (χ1v) is 27.7. The average Bonchev–Trinajstić information content (AvgIpc) is 3.51. The van der Waals surface area contributed by atoms with Crippen LogP contribution in [-0.2, 0) is 42.7 Å². The molecule has 0 radical (unpaired) electrons. The molecule has 4 saturated heterocycles. The number of ketones is 1. The van der Waals surface area contributed by atoms with Crippen molar-refractivity contribution in [3.63, 3.8) is 0 Å². The highest BCUT2D eigenvalue weighted by Crippen LogP contribution is 2.75. The van der Waals surface area contributed by atoms with Gasteiger partial charge in [-0.15, -0.1) is 0 Å². The van der Waals surface area contributed by atoms with Crippen molar-refractivity contribution < 1.29 is 114 Å². The van der Waals surface area contributed by atoms with E-state index in [2.05, 4.69) is 40.7 Å². The third-order valence-corrected chi connectivity index (χ3v) is 21.5. The van der Waals surface area contributed by atoms with Crippen LogP contribution in [0.4, 0.5) is 0 Å². The summed E-state index contributed by atoms with van der Waals surface area (Å²) in [5, 5.41) is 154. The zero-order chi connectivity index (χ0) is 56.4. The molecule has 0 aromatic rings. The molecule has 29 atom stereocenters. The molecule has 0 spiro atoms. The predicted octanol–water partition coefficient (Wildman–Crippen LogP) is -2.38. The highest BCUT2D eigenvalue weighted by Gasteiger charge is 2.71. The molecule has 5 aliphatic carbocycles. The lowest BCUT2D eigenvalue weighted by molar-refractivity contribution is -0.401. The van der Waals surface area contributed by atoms with E-state index in [1.54, 1.807) is 0 Å². The van der Waals surface area contributed by atoms with Gasteiger partial charge >= 0.3 is 0 Å². The summed E-state index contributed by atoms with van der Waals surface area (Å²) >= 11 is 0. The van der Waals surface area contributed by atoms with Gasteiger partial charge in [-0.25, -0.2) is 0 Å². The van der Waals surface area contributed by atoms with Crippen molar-refractivity contribution in [3.05, 3.63) is 11.6 Å². The molecule has 0 aromatic heterocycles. The summed E-state index contributed by atoms with van der Waals surface area (Å²) in [6.07, 6.45) is -29.0. The van der Waals surface area contributed by atoms with Gasteiger partial charge in [-0.1, -0.05) is 60.1 Å². The van der Waals surface area contributed by atoms with Gasteiger partial charge in [0.05, 0.1) is 44.7 Å². The monoisotopic (exact) mass is 1100 g/mol. The number of hydrogen-bond acceptors (Lipinski definition) is 23. The molecule has 0 unspecified atom stereocenters. The number of aliphatic hydroxyl groups is 14. The normalized spacial score (nSPS) is 54.5. The van der Waals surface area contributed by atoms with Crippen LogP contribution in [0.5, 0.6) is 0 Å². The molecule has 4 aliphatic heterocycles. The van der Waals surface area contributed by atoms with Gasteiger partial charge < -0.3 is 109 Å². The van der Waals surface area contributed by atoms with E-state index in [0.717, 1.165) is 19.3 Å². The zero-order valence-corrected chi connectivity index (χ0v) is 45.4. The van der Waals surface area contributed by atoms with Crippen LogP contribution < -0.4 is 0 Å². The van der Waals surface area contributed by atoms with Crippen LogP contribution in [-0.4, -0.2) is 239 Å². The molecule has 442 valence electrons. The summed E-state index contributed by atoms with van der Waals surface area (Å²) < 4.78 is 48.4. The lowest BCUT2D eigenvalue weighted by Gasteiger charge is -2.72. The van der Waals surface area contributed by atoms with E-state index < -0.39 is 177 Å². The zero-order valence-electron chi connectivity index (χ0n) is 45.4. The molecular weight excluding hydrogens is 1020 g/mol. The minimum absolute atomic E-state index is 0.0626. The second-order valence-electron chi connectivity index (χ2n) is 26.2. The number of ether oxygens (including phenoxy) is 8. The summed E-state index contributed by atoms with van der Waals surface area (Å²) in [6, 6.07) is 0. The average molecular weight is 1110 g/mol. The number of hydrogen-bond donors (Lipinski definition) is 14. The molecule has 4 heterocycles. The van der Waals surface area contributed by atoms with Crippen LogP contribution in [0.25, 0.3) is 0 Å². The Morgan fingerprint density at radius 1 is 0.558 bits per heavy atom. The van der Waals surface area contributed by atoms with Crippen molar-refractivity contribution in [1.29, 1.82) is 0 Å². The van der Waals surface area contributed by atoms with E-state index in [-0.39, 0.29) is 47.4 Å². The summed E-state index contributed by atoms with van der Waals surface area (Å²) in [4.78, 5) is 13.4. The first kappa shape index (κ1) is 60.1. The molecule has 4 saturated carbocycles. The van der Waals surface area contributed by atoms with E-state index in [9.17, 15) is 76.3 Å². The molecular formula is C54H88O23. The van der Waals surface area contributed by atoms with Crippen molar-refractivity contribution in [1.82, 2.24) is 0 Å². The number of fused-ring (bicyclic) bond motifs is 7. The number of Topliss-reactive ketones (excluding diaryl/α,β-unsaturated/α-hetero) is 1. The van der Waals surface area contributed by atoms with Gasteiger partial charge in [0.15, 0.2) is 25.2 Å². The smallest absolute Gasteiger partial charge is 0.187 e. The Kier molecular flexibility index (Phi) is 16.9. The number of carbonyl (C=O) groups excluding carboxylic acids is 1. The summed E-state index contributed by atoms with van der Waals surface area (Å²) in [7, 11) is 0. The van der Waals surface area contributed by atoms with Crippen molar-refractivity contribution in [2.75, 3.05) is 26.4 Å².